The van der Waals surface area contributed by atoms with E-state index in [9.17, 15) is 9.90 Å². The van der Waals surface area contributed by atoms with Gasteiger partial charge >= 0.3 is 0 Å². The fourth-order valence-corrected chi connectivity index (χ4v) is 3.14. The van der Waals surface area contributed by atoms with Crippen LogP contribution in [0.15, 0.2) is 29.0 Å². The molecule has 2 aromatic rings. The first-order chi connectivity index (χ1) is 12.0. The van der Waals surface area contributed by atoms with Crippen LogP contribution in [0, 0.1) is 5.92 Å². The Morgan fingerprint density at radius 3 is 2.92 bits per heavy atom. The number of aliphatic hydroxyl groups excluding tert-OH is 1. The van der Waals surface area contributed by atoms with Crippen molar-refractivity contribution in [3.8, 4) is 5.75 Å². The fourth-order valence-electron chi connectivity index (χ4n) is 2.98. The van der Waals surface area contributed by atoms with Crippen LogP contribution in [0.4, 0.5) is 0 Å². The summed E-state index contributed by atoms with van der Waals surface area (Å²) in [6.45, 7) is 0. The molecular weight excluding hydrogens is 346 g/mol. The minimum Gasteiger partial charge on any atom is -0.495 e. The molecule has 0 unspecified atom stereocenters. The number of ether oxygens (including phenoxy) is 1. The van der Waals surface area contributed by atoms with Gasteiger partial charge in [0.05, 0.1) is 25.5 Å². The highest BCUT2D eigenvalue weighted by molar-refractivity contribution is 6.29. The number of carbonyl (C=O) groups is 1. The molecule has 0 bridgehead atoms. The average molecular weight is 366 g/mol. The normalized spacial score (nSPS) is 20.6. The summed E-state index contributed by atoms with van der Waals surface area (Å²) in [7, 11) is 1.57. The van der Waals surface area contributed by atoms with Crippen molar-refractivity contribution in [2.75, 3.05) is 7.11 Å². The number of hydrogen-bond donors (Lipinski definition) is 2. The maximum atomic E-state index is 12.4. The molecule has 1 aliphatic rings. The maximum Gasteiger partial charge on any atom is 0.220 e. The number of amides is 1. The molecular formula is C17H20ClN3O4. The van der Waals surface area contributed by atoms with Gasteiger partial charge in [-0.15, -0.1) is 0 Å². The first kappa shape index (κ1) is 17.7. The Labute approximate surface area is 150 Å². The number of rotatable bonds is 7. The Morgan fingerprint density at radius 1 is 1.48 bits per heavy atom. The van der Waals surface area contributed by atoms with E-state index in [2.05, 4.69) is 15.5 Å². The van der Waals surface area contributed by atoms with Gasteiger partial charge in [-0.3, -0.25) is 9.78 Å². The lowest BCUT2D eigenvalue weighted by molar-refractivity contribution is -0.123. The van der Waals surface area contributed by atoms with Crippen molar-refractivity contribution in [2.24, 2.45) is 5.92 Å². The summed E-state index contributed by atoms with van der Waals surface area (Å²) in [5.41, 5.74) is 0.868. The highest BCUT2D eigenvalue weighted by atomic mass is 35.5. The van der Waals surface area contributed by atoms with E-state index >= 15 is 0 Å². The van der Waals surface area contributed by atoms with Crippen molar-refractivity contribution in [3.05, 3.63) is 41.0 Å². The molecule has 2 aromatic heterocycles. The fraction of sp³-hybridized carbons (Fsp3) is 0.471. The van der Waals surface area contributed by atoms with Crippen LogP contribution in [0.1, 0.15) is 36.6 Å². The predicted octanol–water partition coefficient (Wildman–Crippen LogP) is 2.29. The zero-order valence-corrected chi connectivity index (χ0v) is 14.6. The van der Waals surface area contributed by atoms with Crippen LogP contribution >= 0.6 is 11.6 Å². The lowest BCUT2D eigenvalue weighted by atomic mass is 9.75. The molecule has 1 saturated carbocycles. The van der Waals surface area contributed by atoms with E-state index in [1.165, 1.54) is 0 Å². The van der Waals surface area contributed by atoms with Crippen LogP contribution in [0.3, 0.4) is 0 Å². The minimum absolute atomic E-state index is 0.110. The van der Waals surface area contributed by atoms with E-state index in [-0.39, 0.29) is 35.5 Å². The molecule has 2 heterocycles. The van der Waals surface area contributed by atoms with Gasteiger partial charge < -0.3 is 19.7 Å². The van der Waals surface area contributed by atoms with Crippen LogP contribution in [0.2, 0.25) is 5.15 Å². The number of pyridine rings is 1. The molecule has 1 aliphatic carbocycles. The molecule has 3 rings (SSSR count). The molecule has 7 nitrogen and oxygen atoms in total. The third-order valence-electron chi connectivity index (χ3n) is 4.40. The summed E-state index contributed by atoms with van der Waals surface area (Å²) in [6, 6.07) is 3.25. The van der Waals surface area contributed by atoms with Crippen LogP contribution in [0.5, 0.6) is 5.75 Å². The lowest BCUT2D eigenvalue weighted by Crippen LogP contribution is -2.41. The Balaban J connectivity index is 1.65. The SMILES string of the molecule is COc1cncc([C@@H](NC(=O)CCc2cc(Cl)no2)C2CC(O)C2)c1. The molecule has 0 spiro atoms. The van der Waals surface area contributed by atoms with Gasteiger partial charge in [-0.2, -0.15) is 0 Å². The highest BCUT2D eigenvalue weighted by Crippen LogP contribution is 2.38. The first-order valence-corrected chi connectivity index (χ1v) is 8.50. The molecule has 134 valence electrons. The summed E-state index contributed by atoms with van der Waals surface area (Å²) in [6.07, 6.45) is 5.01. The van der Waals surface area contributed by atoms with Crippen molar-refractivity contribution < 1.29 is 19.2 Å². The maximum absolute atomic E-state index is 12.4. The molecule has 25 heavy (non-hydrogen) atoms. The Morgan fingerprint density at radius 2 is 2.28 bits per heavy atom. The number of halogens is 1. The van der Waals surface area contributed by atoms with Gasteiger partial charge in [0.15, 0.2) is 5.15 Å². The van der Waals surface area contributed by atoms with Crippen molar-refractivity contribution in [1.29, 1.82) is 0 Å². The second-order valence-corrected chi connectivity index (χ2v) is 6.59. The molecule has 1 amide bonds. The van der Waals surface area contributed by atoms with E-state index in [4.69, 9.17) is 20.9 Å². The third kappa shape index (κ3) is 4.49. The number of aromatic nitrogens is 2. The van der Waals surface area contributed by atoms with Gasteiger partial charge in [0.25, 0.3) is 0 Å². The molecule has 0 aromatic carbocycles. The second kappa shape index (κ2) is 7.84. The van der Waals surface area contributed by atoms with E-state index in [1.54, 1.807) is 25.6 Å². The van der Waals surface area contributed by atoms with Crippen LogP contribution < -0.4 is 10.1 Å². The largest absolute Gasteiger partial charge is 0.495 e. The standard InChI is InChI=1S/C17H20ClN3O4/c1-24-14-6-11(8-19-9-14)17(10-4-12(22)5-10)20-16(23)3-2-13-7-15(18)21-25-13/h6-10,12,17,22H,2-5H2,1H3,(H,20,23)/t10?,12?,17-/m0/s1. The van der Waals surface area contributed by atoms with Crippen LogP contribution in [-0.4, -0.2) is 34.4 Å². The summed E-state index contributed by atoms with van der Waals surface area (Å²) in [5.74, 6) is 1.26. The summed E-state index contributed by atoms with van der Waals surface area (Å²) >= 11 is 5.70. The first-order valence-electron chi connectivity index (χ1n) is 8.12. The molecule has 1 atom stereocenters. The number of nitrogens with zero attached hydrogens (tertiary/aromatic N) is 2. The molecule has 8 heteroatoms. The second-order valence-electron chi connectivity index (χ2n) is 6.20. The molecule has 2 N–H and O–H groups in total. The van der Waals surface area contributed by atoms with Gasteiger partial charge in [0.2, 0.25) is 5.91 Å². The van der Waals surface area contributed by atoms with Gasteiger partial charge in [0, 0.05) is 25.1 Å². The number of nitrogens with one attached hydrogen (secondary N) is 1. The van der Waals surface area contributed by atoms with Gasteiger partial charge in [-0.05, 0) is 30.4 Å². The smallest absolute Gasteiger partial charge is 0.220 e. The third-order valence-corrected chi connectivity index (χ3v) is 4.57. The predicted molar refractivity (Wildman–Crippen MR) is 90.2 cm³/mol. The number of aliphatic hydroxyl groups is 1. The van der Waals surface area contributed by atoms with Gasteiger partial charge in [-0.25, -0.2) is 0 Å². The van der Waals surface area contributed by atoms with Crippen molar-refractivity contribution in [1.82, 2.24) is 15.5 Å². The highest BCUT2D eigenvalue weighted by Gasteiger charge is 2.36. The van der Waals surface area contributed by atoms with E-state index in [1.807, 2.05) is 6.07 Å². The molecule has 1 fully saturated rings. The zero-order chi connectivity index (χ0) is 17.8. The Hall–Kier alpha value is -2.12. The number of hydrogen-bond acceptors (Lipinski definition) is 6. The number of carbonyl (C=O) groups excluding carboxylic acids is 1. The average Bonchev–Trinajstić information content (AvgIpc) is 3.01. The molecule has 0 radical (unpaired) electrons. The topological polar surface area (TPSA) is 97.5 Å². The molecule has 0 saturated heterocycles. The zero-order valence-electron chi connectivity index (χ0n) is 13.8. The van der Waals surface area contributed by atoms with Gasteiger partial charge in [0.1, 0.15) is 11.5 Å². The Bertz CT molecular complexity index is 730. The quantitative estimate of drug-likeness (QED) is 0.781. The number of methoxy groups -OCH3 is 1. The van der Waals surface area contributed by atoms with Crippen molar-refractivity contribution in [2.45, 2.75) is 37.8 Å². The van der Waals surface area contributed by atoms with E-state index in [0.29, 0.717) is 30.8 Å². The monoisotopic (exact) mass is 365 g/mol. The lowest BCUT2D eigenvalue weighted by Gasteiger charge is -2.38. The summed E-state index contributed by atoms with van der Waals surface area (Å²) in [5, 5.41) is 16.5. The van der Waals surface area contributed by atoms with Crippen molar-refractivity contribution in [3.63, 3.8) is 0 Å². The van der Waals surface area contributed by atoms with Crippen molar-refractivity contribution >= 4 is 17.5 Å². The summed E-state index contributed by atoms with van der Waals surface area (Å²) in [4.78, 5) is 16.5. The minimum atomic E-state index is -0.306. The van der Waals surface area contributed by atoms with Crippen LogP contribution in [-0.2, 0) is 11.2 Å². The molecule has 0 aliphatic heterocycles. The van der Waals surface area contributed by atoms with Crippen LogP contribution in [0.25, 0.3) is 0 Å². The van der Waals surface area contributed by atoms with Gasteiger partial charge in [-0.1, -0.05) is 16.8 Å². The number of aryl methyl sites for hydroxylation is 1. The van der Waals surface area contributed by atoms with E-state index < -0.39 is 0 Å². The van der Waals surface area contributed by atoms with E-state index in [0.717, 1.165) is 5.56 Å². The summed E-state index contributed by atoms with van der Waals surface area (Å²) < 4.78 is 10.2. The Kier molecular flexibility index (Phi) is 5.55.